The van der Waals surface area contributed by atoms with E-state index in [2.05, 4.69) is 170 Å². The maximum atomic E-state index is 8.08. The van der Waals surface area contributed by atoms with Crippen LogP contribution in [-0.4, -0.2) is 0 Å². The molecule has 6 heterocycles. The van der Waals surface area contributed by atoms with Crippen molar-refractivity contribution in [2.75, 3.05) is 0 Å². The Hall–Kier alpha value is -12.9. The van der Waals surface area contributed by atoms with Crippen molar-refractivity contribution < 1.29 is 52.1 Å². The van der Waals surface area contributed by atoms with Gasteiger partial charge < -0.3 is 0 Å². The lowest BCUT2D eigenvalue weighted by molar-refractivity contribution is -0.660. The number of hydrogen-bond donors (Lipinski definition) is 0. The molecule has 2 aliphatic rings. The van der Waals surface area contributed by atoms with E-state index in [0.717, 1.165) is 107 Å². The van der Waals surface area contributed by atoms with Gasteiger partial charge >= 0.3 is 0 Å². The van der Waals surface area contributed by atoms with Gasteiger partial charge in [0, 0.05) is 97.5 Å². The minimum absolute atomic E-state index is 0.0477. The SMILES string of the molecule is Cc1cccc(CC2CCCC2)c1-c1cccc[n+]1C.Cc1cccc(CC2CCCCC2)c1-c1cccc[n+]1C.[2H]C([2H])([2H])c1cc(C)cc(C([2H])([2H])[2H])c1-c1cccc(C)c1-c1cccc[n+]1C.[2H]C([2H])([2H])c1cc(C)ccc1-c1cccc(C)c1-c1cccc[n+]1C.[2H]C([2H])([2H])c1cccc(C([2H])([2H])[2H])c1-c1cccc(C)c1-c1cccc[n+]1C.[2H]C([2H])([2H])c1ccccc1-c1cccc(C)c1-c1cccc[n+]1C. The number of pyridine rings is 6. The van der Waals surface area contributed by atoms with E-state index in [1.165, 1.54) is 134 Å². The van der Waals surface area contributed by atoms with E-state index in [4.69, 9.17) is 24.7 Å². The van der Waals surface area contributed by atoms with Crippen molar-refractivity contribution in [2.24, 2.45) is 54.1 Å². The fourth-order valence-corrected chi connectivity index (χ4v) is 18.9. The highest BCUT2D eigenvalue weighted by atomic mass is 14.9. The van der Waals surface area contributed by atoms with Crippen molar-refractivity contribution in [3.05, 3.63) is 417 Å². The van der Waals surface area contributed by atoms with Gasteiger partial charge in [0.1, 0.15) is 42.3 Å². The zero-order valence-electron chi connectivity index (χ0n) is 95.8. The molecule has 0 N–H and O–H groups in total. The van der Waals surface area contributed by atoms with Gasteiger partial charge in [0.15, 0.2) is 37.2 Å². The van der Waals surface area contributed by atoms with E-state index in [0.29, 0.717) is 27.8 Å². The molecule has 2 saturated carbocycles. The molecule has 0 bridgehead atoms. The van der Waals surface area contributed by atoms with Crippen LogP contribution in [0.15, 0.2) is 328 Å². The van der Waals surface area contributed by atoms with Gasteiger partial charge in [0.05, 0.1) is 33.4 Å². The molecule has 2 fully saturated rings. The lowest BCUT2D eigenvalue weighted by atomic mass is 9.83. The second-order valence-electron chi connectivity index (χ2n) is 35.0. The Morgan fingerprint density at radius 2 is 0.465 bits per heavy atom. The number of benzene rings is 10. The number of aromatic nitrogens is 6. The summed E-state index contributed by atoms with van der Waals surface area (Å²) in [6, 6.07) is 94.0. The molecule has 6 heteroatoms. The maximum absolute atomic E-state index is 8.08. The second kappa shape index (κ2) is 44.2. The highest BCUT2D eigenvalue weighted by molar-refractivity contribution is 5.89. The molecule has 0 aliphatic heterocycles. The summed E-state index contributed by atoms with van der Waals surface area (Å²) in [5, 5.41) is 0. The van der Waals surface area contributed by atoms with Crippen molar-refractivity contribution in [3.63, 3.8) is 0 Å². The van der Waals surface area contributed by atoms with Gasteiger partial charge in [-0.15, -0.1) is 0 Å². The van der Waals surface area contributed by atoms with Crippen molar-refractivity contribution in [1.29, 1.82) is 0 Å². The van der Waals surface area contributed by atoms with Crippen LogP contribution >= 0.6 is 0 Å². The Bertz CT molecular complexity index is 7250. The summed E-state index contributed by atoms with van der Waals surface area (Å²) in [7, 11) is 12.1. The van der Waals surface area contributed by atoms with E-state index in [1.54, 1.807) is 43.3 Å². The molecule has 0 amide bonds. The third kappa shape index (κ3) is 22.8. The number of aryl methyl sites for hydroxylation is 20. The summed E-state index contributed by atoms with van der Waals surface area (Å²) in [5.74, 6) is 1.78. The Kier molecular flexibility index (Phi) is 24.7. The molecule has 2 aliphatic carbocycles. The Morgan fingerprint density at radius 1 is 0.209 bits per heavy atom. The summed E-state index contributed by atoms with van der Waals surface area (Å²) in [6.07, 6.45) is 27.4. The minimum atomic E-state index is -2.44. The Labute approximate surface area is 798 Å². The highest BCUT2D eigenvalue weighted by Crippen LogP contribution is 2.42. The zero-order chi connectivity index (χ0) is 106. The fraction of sp³-hybridized carbons (Fsp3) is 0.268. The normalized spacial score (nSPS) is 15.0. The predicted octanol–water partition coefficient (Wildman–Crippen LogP) is 27.9. The van der Waals surface area contributed by atoms with Crippen molar-refractivity contribution in [3.8, 4) is 112 Å². The van der Waals surface area contributed by atoms with Crippen LogP contribution in [0.3, 0.4) is 0 Å². The first-order valence-corrected chi connectivity index (χ1v) is 45.4. The molecule has 10 aromatic carbocycles. The third-order valence-corrected chi connectivity index (χ3v) is 25.5. The lowest BCUT2D eigenvalue weighted by Crippen LogP contribution is -2.30. The van der Waals surface area contributed by atoms with E-state index >= 15 is 0 Å². The molecule has 0 saturated heterocycles. The molecule has 129 heavy (non-hydrogen) atoms. The van der Waals surface area contributed by atoms with Gasteiger partial charge in [-0.05, 0) is 280 Å². The van der Waals surface area contributed by atoms with E-state index in [-0.39, 0.29) is 33.4 Å². The monoisotopic (exact) mass is 1720 g/mol. The lowest BCUT2D eigenvalue weighted by Gasteiger charge is -2.23. The molecular formula is C123H138N6+6. The average Bonchev–Trinajstić information content (AvgIpc) is 0.949. The minimum Gasteiger partial charge on any atom is -0.201 e. The van der Waals surface area contributed by atoms with Gasteiger partial charge in [-0.1, -0.05) is 251 Å². The molecule has 0 atom stereocenters. The quantitative estimate of drug-likeness (QED) is 0.0969. The molecule has 16 aromatic rings. The van der Waals surface area contributed by atoms with E-state index in [9.17, 15) is 0 Å². The van der Waals surface area contributed by atoms with Gasteiger partial charge in [-0.25, -0.2) is 27.4 Å². The second-order valence-corrected chi connectivity index (χ2v) is 35.0. The first-order chi connectivity index (χ1) is 69.6. The molecule has 654 valence electrons. The summed E-state index contributed by atoms with van der Waals surface area (Å²) in [6.45, 7) is 2.10. The first-order valence-electron chi connectivity index (χ1n) is 54.4. The Balaban J connectivity index is 0.000000148. The van der Waals surface area contributed by atoms with Crippen molar-refractivity contribution in [1.82, 2.24) is 0 Å². The Morgan fingerprint density at radius 3 is 0.822 bits per heavy atom. The molecule has 6 nitrogen and oxygen atoms in total. The number of rotatable bonds is 14. The smallest absolute Gasteiger partial charge is 0.201 e. The molecule has 0 radical (unpaired) electrons. The van der Waals surface area contributed by atoms with Gasteiger partial charge in [-0.2, -0.15) is 0 Å². The van der Waals surface area contributed by atoms with Crippen LogP contribution in [0, 0.1) is 108 Å². The topological polar surface area (TPSA) is 23.3 Å². The molecule has 6 aromatic heterocycles. The van der Waals surface area contributed by atoms with E-state index < -0.39 is 41.1 Å². The standard InChI is InChI=1S/C22H24N.2C21H22N.C20H20N.C20H26N.C19H24N/c1-15-13-17(3)21(18(4)14-15)19-10-8-9-16(2)22(19)20-11-6-7-12-23(20)5;1-15-9-7-10-16(2)20(15)18-12-8-11-17(3)21(18)19-13-5-6-14-22(19)4;1-15-11-12-18(17(3)14-15)19-9-7-8-16(2)21(19)20-10-5-6-13-22(20)4;1-15-9-4-5-11-17(15)18-12-8-10-16(2)20(18)19-13-6-7-14-21(19)3;1-16-9-8-12-18(15-17-10-4-3-5-11-17)20(16)19-13-6-7-14-21(19)2;1-15-8-7-11-17(14-16-9-3-4-10-16)19(15)18-12-5-6-13-20(18)2/h6-14H,1-5H3;2*5-14H,1-4H3;4-14H,1-3H3;6-9,12-14,17H,3-5,10-11,15H2,1-2H3;5-8,11-13,16H,3-4,9-10,14H2,1-2H3/q6*+1/i3D3,4D3;1D3,2D3;3D3;1D3;;. The van der Waals surface area contributed by atoms with Gasteiger partial charge in [0.25, 0.3) is 0 Å². The van der Waals surface area contributed by atoms with Crippen LogP contribution in [0.4, 0.5) is 0 Å². The zero-order valence-corrected chi connectivity index (χ0v) is 77.8. The van der Waals surface area contributed by atoms with Crippen molar-refractivity contribution in [2.45, 2.75) is 167 Å². The first kappa shape index (κ1) is 72.1. The fourth-order valence-electron chi connectivity index (χ4n) is 18.9. The summed E-state index contributed by atoms with van der Waals surface area (Å²) >= 11 is 0. The summed E-state index contributed by atoms with van der Waals surface area (Å²) < 4.78 is 156. The highest BCUT2D eigenvalue weighted by Gasteiger charge is 2.27. The molecular weight excluding hydrogens is 1560 g/mol. The van der Waals surface area contributed by atoms with Gasteiger partial charge in [-0.3, -0.25) is 0 Å². The summed E-state index contributed by atoms with van der Waals surface area (Å²) in [4.78, 5) is 0. The molecule has 18 rings (SSSR count). The average molecular weight is 1720 g/mol. The van der Waals surface area contributed by atoms with Crippen LogP contribution in [0.1, 0.15) is 171 Å². The van der Waals surface area contributed by atoms with Crippen molar-refractivity contribution >= 4 is 0 Å². The van der Waals surface area contributed by atoms with Crippen LogP contribution in [0.2, 0.25) is 0 Å². The van der Waals surface area contributed by atoms with Crippen LogP contribution in [0.25, 0.3) is 112 Å². The third-order valence-electron chi connectivity index (χ3n) is 25.5. The van der Waals surface area contributed by atoms with Crippen LogP contribution < -0.4 is 27.4 Å². The van der Waals surface area contributed by atoms with E-state index in [1.807, 2.05) is 222 Å². The van der Waals surface area contributed by atoms with Crippen LogP contribution in [-0.2, 0) is 55.1 Å². The predicted molar refractivity (Wildman–Crippen MR) is 542 cm³/mol. The molecule has 0 spiro atoms. The number of hydrogen-bond acceptors (Lipinski definition) is 0. The number of nitrogens with zero attached hydrogens (tertiary/aromatic N) is 6. The largest absolute Gasteiger partial charge is 0.213 e. The van der Waals surface area contributed by atoms with Gasteiger partial charge in [0.2, 0.25) is 34.2 Å². The maximum Gasteiger partial charge on any atom is 0.213 e. The molecule has 0 unspecified atom stereocenters. The summed E-state index contributed by atoms with van der Waals surface area (Å²) in [5.41, 5.74) is 31.0. The van der Waals surface area contributed by atoms with Crippen LogP contribution in [0.5, 0.6) is 0 Å².